The minimum atomic E-state index is -0.196. The first kappa shape index (κ1) is 13.8. The Hall–Kier alpha value is -2.20. The molecule has 0 amide bonds. The Balaban J connectivity index is 1.57. The normalized spacial score (nSPS) is 11.1. The van der Waals surface area contributed by atoms with Gasteiger partial charge < -0.3 is 9.88 Å². The maximum Gasteiger partial charge on any atom is 0.123 e. The summed E-state index contributed by atoms with van der Waals surface area (Å²) in [6.45, 7) is 1.58. The van der Waals surface area contributed by atoms with Crippen molar-refractivity contribution in [3.05, 3.63) is 65.7 Å². The monoisotopic (exact) mass is 283 g/mol. The Kier molecular flexibility index (Phi) is 3.97. The van der Waals surface area contributed by atoms with Crippen molar-refractivity contribution in [3.8, 4) is 0 Å². The Bertz CT molecular complexity index is 731. The van der Waals surface area contributed by atoms with Crippen molar-refractivity contribution in [2.45, 2.75) is 13.0 Å². The topological polar surface area (TPSA) is 29.9 Å². The van der Waals surface area contributed by atoms with Gasteiger partial charge in [-0.15, -0.1) is 0 Å². The standard InChI is InChI=1S/C17H18FN3/c1-21-16-5-3-2-4-15(16)20-17(21)10-11-19-12-13-6-8-14(18)9-7-13/h2-9,19H,10-12H2,1H3. The van der Waals surface area contributed by atoms with Gasteiger partial charge in [-0.05, 0) is 29.8 Å². The van der Waals surface area contributed by atoms with Gasteiger partial charge in [-0.25, -0.2) is 9.37 Å². The zero-order valence-corrected chi connectivity index (χ0v) is 12.0. The molecule has 0 aliphatic carbocycles. The lowest BCUT2D eigenvalue weighted by Gasteiger charge is -2.05. The van der Waals surface area contributed by atoms with Crippen LogP contribution in [0.3, 0.4) is 0 Å². The van der Waals surface area contributed by atoms with E-state index in [1.54, 1.807) is 12.1 Å². The molecule has 0 saturated carbocycles. The van der Waals surface area contributed by atoms with Crippen molar-refractivity contribution in [3.63, 3.8) is 0 Å². The van der Waals surface area contributed by atoms with Gasteiger partial charge in [-0.3, -0.25) is 0 Å². The van der Waals surface area contributed by atoms with Crippen molar-refractivity contribution >= 4 is 11.0 Å². The molecule has 1 N–H and O–H groups in total. The summed E-state index contributed by atoms with van der Waals surface area (Å²) < 4.78 is 14.9. The molecule has 108 valence electrons. The molecule has 0 atom stereocenters. The average molecular weight is 283 g/mol. The zero-order chi connectivity index (χ0) is 14.7. The van der Waals surface area contributed by atoms with Crippen LogP contribution in [-0.4, -0.2) is 16.1 Å². The van der Waals surface area contributed by atoms with Crippen LogP contribution in [0.15, 0.2) is 48.5 Å². The Morgan fingerprint density at radius 2 is 1.86 bits per heavy atom. The maximum absolute atomic E-state index is 12.8. The quantitative estimate of drug-likeness (QED) is 0.729. The number of benzene rings is 2. The average Bonchev–Trinajstić information content (AvgIpc) is 2.82. The molecule has 0 saturated heterocycles. The number of imidazole rings is 1. The molecule has 0 radical (unpaired) electrons. The number of nitrogens with one attached hydrogen (secondary N) is 1. The summed E-state index contributed by atoms with van der Waals surface area (Å²) in [6, 6.07) is 14.7. The molecule has 3 aromatic rings. The van der Waals surface area contributed by atoms with Gasteiger partial charge >= 0.3 is 0 Å². The number of hydrogen-bond donors (Lipinski definition) is 1. The van der Waals surface area contributed by atoms with Crippen LogP contribution in [0.25, 0.3) is 11.0 Å². The van der Waals surface area contributed by atoms with E-state index in [2.05, 4.69) is 20.9 Å². The van der Waals surface area contributed by atoms with Gasteiger partial charge in [0.2, 0.25) is 0 Å². The predicted molar refractivity (Wildman–Crippen MR) is 82.5 cm³/mol. The summed E-state index contributed by atoms with van der Waals surface area (Å²) >= 11 is 0. The van der Waals surface area contributed by atoms with Gasteiger partial charge in [0.1, 0.15) is 11.6 Å². The van der Waals surface area contributed by atoms with Crippen LogP contribution in [0.4, 0.5) is 4.39 Å². The SMILES string of the molecule is Cn1c(CCNCc2ccc(F)cc2)nc2ccccc21. The molecule has 0 unspecified atom stereocenters. The number of aryl methyl sites for hydroxylation is 1. The molecule has 3 rings (SSSR count). The summed E-state index contributed by atoms with van der Waals surface area (Å²) in [7, 11) is 2.05. The van der Waals surface area contributed by atoms with Crippen molar-refractivity contribution < 1.29 is 4.39 Å². The highest BCUT2D eigenvalue weighted by molar-refractivity contribution is 5.75. The summed E-state index contributed by atoms with van der Waals surface area (Å²) in [5, 5.41) is 3.37. The lowest BCUT2D eigenvalue weighted by atomic mass is 10.2. The third kappa shape index (κ3) is 3.11. The predicted octanol–water partition coefficient (Wildman–Crippen LogP) is 3.04. The molecule has 0 spiro atoms. The van der Waals surface area contributed by atoms with E-state index in [-0.39, 0.29) is 5.82 Å². The second-order valence-electron chi connectivity index (χ2n) is 5.13. The van der Waals surface area contributed by atoms with Gasteiger partial charge in [0.25, 0.3) is 0 Å². The van der Waals surface area contributed by atoms with Gasteiger partial charge in [-0.2, -0.15) is 0 Å². The van der Waals surface area contributed by atoms with E-state index in [9.17, 15) is 4.39 Å². The van der Waals surface area contributed by atoms with Crippen molar-refractivity contribution in [2.75, 3.05) is 6.54 Å². The third-order valence-electron chi connectivity index (χ3n) is 3.65. The van der Waals surface area contributed by atoms with E-state index in [4.69, 9.17) is 0 Å². The maximum atomic E-state index is 12.8. The zero-order valence-electron chi connectivity index (χ0n) is 12.0. The van der Waals surface area contributed by atoms with Crippen LogP contribution in [0.5, 0.6) is 0 Å². The van der Waals surface area contributed by atoms with Crippen molar-refractivity contribution in [1.82, 2.24) is 14.9 Å². The lowest BCUT2D eigenvalue weighted by molar-refractivity contribution is 0.623. The summed E-state index contributed by atoms with van der Waals surface area (Å²) in [4.78, 5) is 4.64. The number of hydrogen-bond acceptors (Lipinski definition) is 2. The molecule has 1 heterocycles. The van der Waals surface area contributed by atoms with E-state index >= 15 is 0 Å². The van der Waals surface area contributed by atoms with E-state index in [1.807, 2.05) is 25.2 Å². The molecule has 1 aromatic heterocycles. The van der Waals surface area contributed by atoms with Crippen molar-refractivity contribution in [1.29, 1.82) is 0 Å². The second kappa shape index (κ2) is 6.06. The van der Waals surface area contributed by atoms with Crippen molar-refractivity contribution in [2.24, 2.45) is 7.05 Å². The summed E-state index contributed by atoms with van der Waals surface area (Å²) in [5.41, 5.74) is 3.28. The van der Waals surface area contributed by atoms with E-state index in [0.29, 0.717) is 0 Å². The number of fused-ring (bicyclic) bond motifs is 1. The first-order chi connectivity index (χ1) is 10.2. The first-order valence-corrected chi connectivity index (χ1v) is 7.09. The molecule has 2 aromatic carbocycles. The van der Waals surface area contributed by atoms with E-state index < -0.39 is 0 Å². The minimum absolute atomic E-state index is 0.196. The number of halogens is 1. The molecule has 21 heavy (non-hydrogen) atoms. The molecule has 4 heteroatoms. The first-order valence-electron chi connectivity index (χ1n) is 7.09. The lowest BCUT2D eigenvalue weighted by Crippen LogP contribution is -2.18. The van der Waals surface area contributed by atoms with Crippen LogP contribution < -0.4 is 5.32 Å². The van der Waals surface area contributed by atoms with E-state index in [0.717, 1.165) is 41.9 Å². The molecular weight excluding hydrogens is 265 g/mol. The molecule has 3 nitrogen and oxygen atoms in total. The summed E-state index contributed by atoms with van der Waals surface area (Å²) in [5.74, 6) is 0.876. The van der Waals surface area contributed by atoms with Crippen LogP contribution in [-0.2, 0) is 20.0 Å². The van der Waals surface area contributed by atoms with Gasteiger partial charge in [0, 0.05) is 26.6 Å². The highest BCUT2D eigenvalue weighted by Gasteiger charge is 2.06. The highest BCUT2D eigenvalue weighted by atomic mass is 19.1. The van der Waals surface area contributed by atoms with Gasteiger partial charge in [-0.1, -0.05) is 24.3 Å². The second-order valence-corrected chi connectivity index (χ2v) is 5.13. The highest BCUT2D eigenvalue weighted by Crippen LogP contribution is 2.14. The number of para-hydroxylation sites is 2. The van der Waals surface area contributed by atoms with E-state index in [1.165, 1.54) is 12.1 Å². The smallest absolute Gasteiger partial charge is 0.123 e. The third-order valence-corrected chi connectivity index (χ3v) is 3.65. The Labute approximate surface area is 123 Å². The van der Waals surface area contributed by atoms with Crippen LogP contribution in [0.2, 0.25) is 0 Å². The molecule has 0 fully saturated rings. The van der Waals surface area contributed by atoms with Crippen LogP contribution >= 0.6 is 0 Å². The Morgan fingerprint density at radius 1 is 1.10 bits per heavy atom. The molecule has 0 aliphatic rings. The van der Waals surface area contributed by atoms with Crippen LogP contribution in [0, 0.1) is 5.82 Å². The fourth-order valence-corrected chi connectivity index (χ4v) is 2.45. The summed E-state index contributed by atoms with van der Waals surface area (Å²) in [6.07, 6.45) is 0.867. The number of rotatable bonds is 5. The van der Waals surface area contributed by atoms with Crippen LogP contribution in [0.1, 0.15) is 11.4 Å². The van der Waals surface area contributed by atoms with Gasteiger partial charge in [0.05, 0.1) is 11.0 Å². The Morgan fingerprint density at radius 3 is 2.62 bits per heavy atom. The largest absolute Gasteiger partial charge is 0.331 e. The number of aromatic nitrogens is 2. The molecule has 0 aliphatic heterocycles. The fraction of sp³-hybridized carbons (Fsp3) is 0.235. The minimum Gasteiger partial charge on any atom is -0.331 e. The fourth-order valence-electron chi connectivity index (χ4n) is 2.45. The molecule has 0 bridgehead atoms. The van der Waals surface area contributed by atoms with Gasteiger partial charge in [0.15, 0.2) is 0 Å². The molecular formula is C17H18FN3. The number of nitrogens with zero attached hydrogens (tertiary/aromatic N) is 2.